The van der Waals surface area contributed by atoms with E-state index in [0.29, 0.717) is 19.4 Å². The number of nitrogens with one attached hydrogen (secondary N) is 1. The first-order valence-corrected chi connectivity index (χ1v) is 6.48. The van der Waals surface area contributed by atoms with Gasteiger partial charge in [-0.3, -0.25) is 9.78 Å². The number of carbonyl (C=O) groups is 1. The SMILES string of the molecule is O=C(O)C1(Cc2ccnc3ccccc23)CCNC1. The van der Waals surface area contributed by atoms with Crippen LogP contribution in [0.25, 0.3) is 10.9 Å². The number of hydrogen-bond donors (Lipinski definition) is 2. The molecule has 1 unspecified atom stereocenters. The molecule has 98 valence electrons. The van der Waals surface area contributed by atoms with Crippen LogP contribution in [0.4, 0.5) is 0 Å². The first-order chi connectivity index (χ1) is 9.21. The van der Waals surface area contributed by atoms with Gasteiger partial charge in [0.25, 0.3) is 0 Å². The maximum absolute atomic E-state index is 11.6. The number of fused-ring (bicyclic) bond motifs is 1. The van der Waals surface area contributed by atoms with Crippen LogP contribution in [-0.2, 0) is 11.2 Å². The van der Waals surface area contributed by atoms with Gasteiger partial charge < -0.3 is 10.4 Å². The van der Waals surface area contributed by atoms with Crippen LogP contribution >= 0.6 is 0 Å². The Bertz CT molecular complexity index is 613. The standard InChI is InChI=1S/C15H16N2O2/c18-14(19)15(6-8-16-10-15)9-11-5-7-17-13-4-2-1-3-12(11)13/h1-5,7,16H,6,8-10H2,(H,18,19). The second kappa shape index (κ2) is 4.63. The van der Waals surface area contributed by atoms with E-state index in [1.165, 1.54) is 0 Å². The highest BCUT2D eigenvalue weighted by Crippen LogP contribution is 2.32. The molecule has 1 aromatic carbocycles. The first-order valence-electron chi connectivity index (χ1n) is 6.48. The van der Waals surface area contributed by atoms with Gasteiger partial charge in [-0.1, -0.05) is 18.2 Å². The smallest absolute Gasteiger partial charge is 0.311 e. The minimum atomic E-state index is -0.710. The molecule has 0 amide bonds. The first kappa shape index (κ1) is 12.1. The third-order valence-electron chi connectivity index (χ3n) is 3.97. The van der Waals surface area contributed by atoms with Gasteiger partial charge in [-0.25, -0.2) is 0 Å². The second-order valence-corrected chi connectivity index (χ2v) is 5.18. The topological polar surface area (TPSA) is 62.2 Å². The second-order valence-electron chi connectivity index (χ2n) is 5.18. The summed E-state index contributed by atoms with van der Waals surface area (Å²) >= 11 is 0. The van der Waals surface area contributed by atoms with Crippen LogP contribution in [0.3, 0.4) is 0 Å². The maximum Gasteiger partial charge on any atom is 0.311 e. The molecular formula is C15H16N2O2. The maximum atomic E-state index is 11.6. The molecule has 0 bridgehead atoms. The minimum Gasteiger partial charge on any atom is -0.481 e. The molecule has 1 fully saturated rings. The lowest BCUT2D eigenvalue weighted by Gasteiger charge is -2.23. The highest BCUT2D eigenvalue weighted by molar-refractivity contribution is 5.83. The van der Waals surface area contributed by atoms with Crippen molar-refractivity contribution in [2.24, 2.45) is 5.41 Å². The summed E-state index contributed by atoms with van der Waals surface area (Å²) in [5.74, 6) is -0.710. The quantitative estimate of drug-likeness (QED) is 0.879. The molecule has 3 rings (SSSR count). The fourth-order valence-electron chi connectivity index (χ4n) is 2.83. The summed E-state index contributed by atoms with van der Waals surface area (Å²) in [4.78, 5) is 15.9. The van der Waals surface area contributed by atoms with E-state index in [9.17, 15) is 9.90 Å². The van der Waals surface area contributed by atoms with Crippen LogP contribution in [-0.4, -0.2) is 29.1 Å². The molecule has 1 aliphatic rings. The number of nitrogens with zero attached hydrogens (tertiary/aromatic N) is 1. The third kappa shape index (κ3) is 2.08. The molecule has 0 radical (unpaired) electrons. The van der Waals surface area contributed by atoms with E-state index < -0.39 is 11.4 Å². The lowest BCUT2D eigenvalue weighted by atomic mass is 9.80. The zero-order valence-corrected chi connectivity index (χ0v) is 10.6. The molecule has 2 aromatic rings. The zero-order chi connectivity index (χ0) is 13.3. The number of rotatable bonds is 3. The Morgan fingerprint density at radius 2 is 2.21 bits per heavy atom. The lowest BCUT2D eigenvalue weighted by molar-refractivity contribution is -0.147. The van der Waals surface area contributed by atoms with Crippen molar-refractivity contribution in [1.29, 1.82) is 0 Å². The molecule has 2 N–H and O–H groups in total. The predicted molar refractivity (Wildman–Crippen MR) is 73.0 cm³/mol. The number of aromatic nitrogens is 1. The van der Waals surface area contributed by atoms with Crippen LogP contribution < -0.4 is 5.32 Å². The number of pyridine rings is 1. The van der Waals surface area contributed by atoms with Crippen molar-refractivity contribution >= 4 is 16.9 Å². The monoisotopic (exact) mass is 256 g/mol. The Hall–Kier alpha value is -1.94. The minimum absolute atomic E-state index is 0.541. The van der Waals surface area contributed by atoms with Gasteiger partial charge in [-0.2, -0.15) is 0 Å². The van der Waals surface area contributed by atoms with E-state index in [-0.39, 0.29) is 0 Å². The van der Waals surface area contributed by atoms with Crippen molar-refractivity contribution in [3.8, 4) is 0 Å². The molecule has 0 spiro atoms. The number of carboxylic acid groups (broad SMARTS) is 1. The number of aliphatic carboxylic acids is 1. The highest BCUT2D eigenvalue weighted by atomic mass is 16.4. The van der Waals surface area contributed by atoms with Crippen molar-refractivity contribution in [2.45, 2.75) is 12.8 Å². The number of carboxylic acids is 1. The summed E-state index contributed by atoms with van der Waals surface area (Å²) in [6, 6.07) is 9.82. The molecule has 0 saturated carbocycles. The Labute approximate surface area is 111 Å². The molecule has 4 heteroatoms. The molecule has 0 aliphatic carbocycles. The van der Waals surface area contributed by atoms with Crippen molar-refractivity contribution in [3.63, 3.8) is 0 Å². The van der Waals surface area contributed by atoms with Crippen molar-refractivity contribution in [3.05, 3.63) is 42.1 Å². The van der Waals surface area contributed by atoms with Gasteiger partial charge in [-0.05, 0) is 37.1 Å². The fraction of sp³-hybridized carbons (Fsp3) is 0.333. The average Bonchev–Trinajstić information content (AvgIpc) is 2.89. The molecule has 2 heterocycles. The van der Waals surface area contributed by atoms with E-state index in [4.69, 9.17) is 0 Å². The molecule has 4 nitrogen and oxygen atoms in total. The molecular weight excluding hydrogens is 240 g/mol. The summed E-state index contributed by atoms with van der Waals surface area (Å²) in [6.07, 6.45) is 2.99. The summed E-state index contributed by atoms with van der Waals surface area (Å²) in [7, 11) is 0. The van der Waals surface area contributed by atoms with E-state index in [1.807, 2.05) is 30.3 Å². The summed E-state index contributed by atoms with van der Waals surface area (Å²) in [5, 5.41) is 13.8. The zero-order valence-electron chi connectivity index (χ0n) is 10.6. The van der Waals surface area contributed by atoms with E-state index in [1.54, 1.807) is 6.20 Å². The van der Waals surface area contributed by atoms with Crippen LogP contribution in [0.1, 0.15) is 12.0 Å². The number of hydrogen-bond acceptors (Lipinski definition) is 3. The van der Waals surface area contributed by atoms with Gasteiger partial charge in [0.1, 0.15) is 0 Å². The molecule has 1 saturated heterocycles. The van der Waals surface area contributed by atoms with E-state index in [2.05, 4.69) is 10.3 Å². The van der Waals surface area contributed by atoms with Gasteiger partial charge >= 0.3 is 5.97 Å². The normalized spacial score (nSPS) is 22.7. The van der Waals surface area contributed by atoms with Crippen molar-refractivity contribution in [2.75, 3.05) is 13.1 Å². The van der Waals surface area contributed by atoms with Crippen molar-refractivity contribution in [1.82, 2.24) is 10.3 Å². The Kier molecular flexibility index (Phi) is 2.95. The Morgan fingerprint density at radius 3 is 2.95 bits per heavy atom. The summed E-state index contributed by atoms with van der Waals surface area (Å²) in [5.41, 5.74) is 1.31. The van der Waals surface area contributed by atoms with E-state index >= 15 is 0 Å². The largest absolute Gasteiger partial charge is 0.481 e. The predicted octanol–water partition coefficient (Wildman–Crippen LogP) is 1.84. The van der Waals surface area contributed by atoms with Gasteiger partial charge in [0.15, 0.2) is 0 Å². The fourth-order valence-corrected chi connectivity index (χ4v) is 2.83. The van der Waals surface area contributed by atoms with E-state index in [0.717, 1.165) is 23.0 Å². The van der Waals surface area contributed by atoms with Crippen LogP contribution in [0.15, 0.2) is 36.5 Å². The lowest BCUT2D eigenvalue weighted by Crippen LogP contribution is -2.35. The molecule has 1 aromatic heterocycles. The third-order valence-corrected chi connectivity index (χ3v) is 3.97. The van der Waals surface area contributed by atoms with Crippen LogP contribution in [0.5, 0.6) is 0 Å². The average molecular weight is 256 g/mol. The van der Waals surface area contributed by atoms with Gasteiger partial charge in [0, 0.05) is 18.1 Å². The molecule has 19 heavy (non-hydrogen) atoms. The molecule has 1 aliphatic heterocycles. The van der Waals surface area contributed by atoms with Gasteiger partial charge in [-0.15, -0.1) is 0 Å². The molecule has 1 atom stereocenters. The van der Waals surface area contributed by atoms with Crippen LogP contribution in [0, 0.1) is 5.41 Å². The highest BCUT2D eigenvalue weighted by Gasteiger charge is 2.41. The van der Waals surface area contributed by atoms with Crippen molar-refractivity contribution < 1.29 is 9.90 Å². The summed E-state index contributed by atoms with van der Waals surface area (Å²) < 4.78 is 0. The van der Waals surface area contributed by atoms with Gasteiger partial charge in [0.05, 0.1) is 10.9 Å². The Balaban J connectivity index is 2.03. The summed E-state index contributed by atoms with van der Waals surface area (Å²) in [6.45, 7) is 1.31. The number of para-hydroxylation sites is 1. The van der Waals surface area contributed by atoms with Gasteiger partial charge in [0.2, 0.25) is 0 Å². The number of benzene rings is 1. The Morgan fingerprint density at radius 1 is 1.37 bits per heavy atom. The van der Waals surface area contributed by atoms with Crippen LogP contribution in [0.2, 0.25) is 0 Å².